The van der Waals surface area contributed by atoms with Crippen LogP contribution in [0.25, 0.3) is 0 Å². The number of hydrogen-bond acceptors (Lipinski definition) is 3. The summed E-state index contributed by atoms with van der Waals surface area (Å²) in [5, 5.41) is 0.563. The lowest BCUT2D eigenvalue weighted by molar-refractivity contribution is -0.139. The van der Waals surface area contributed by atoms with E-state index in [0.29, 0.717) is 23.7 Å². The van der Waals surface area contributed by atoms with Crippen molar-refractivity contribution in [2.24, 2.45) is 0 Å². The number of ketones is 1. The first-order valence-corrected chi connectivity index (χ1v) is 6.21. The Bertz CT molecular complexity index is 461. The standard InChI is InChI=1S/C13H14ClNO3/c14-10-3-1-5-12(7-10)18-9-13(17)15-6-2-4-11(16)8-15/h1,3,5,7H,2,4,6,8-9H2. The third-order valence-electron chi connectivity index (χ3n) is 2.76. The lowest BCUT2D eigenvalue weighted by Crippen LogP contribution is -2.42. The van der Waals surface area contributed by atoms with E-state index >= 15 is 0 Å². The van der Waals surface area contributed by atoms with Crippen LogP contribution in [-0.2, 0) is 9.59 Å². The SMILES string of the molecule is O=C1CCCN(C(=O)COc2cccc(Cl)c2)C1. The summed E-state index contributed by atoms with van der Waals surface area (Å²) in [5.74, 6) is 0.500. The van der Waals surface area contributed by atoms with Crippen LogP contribution in [0.2, 0.25) is 5.02 Å². The molecule has 0 N–H and O–H groups in total. The first-order valence-electron chi connectivity index (χ1n) is 5.83. The molecule has 1 aliphatic heterocycles. The Labute approximate surface area is 110 Å². The second-order valence-electron chi connectivity index (χ2n) is 4.20. The molecule has 0 atom stereocenters. The van der Waals surface area contributed by atoms with Crippen molar-refractivity contribution in [3.8, 4) is 5.75 Å². The van der Waals surface area contributed by atoms with Crippen LogP contribution in [0.5, 0.6) is 5.75 Å². The lowest BCUT2D eigenvalue weighted by Gasteiger charge is -2.25. The van der Waals surface area contributed by atoms with Crippen molar-refractivity contribution in [1.29, 1.82) is 0 Å². The van der Waals surface area contributed by atoms with Gasteiger partial charge in [-0.3, -0.25) is 9.59 Å². The zero-order valence-corrected chi connectivity index (χ0v) is 10.7. The summed E-state index contributed by atoms with van der Waals surface area (Å²) >= 11 is 5.81. The van der Waals surface area contributed by atoms with Gasteiger partial charge in [-0.1, -0.05) is 17.7 Å². The van der Waals surface area contributed by atoms with Gasteiger partial charge in [0.2, 0.25) is 0 Å². The van der Waals surface area contributed by atoms with Crippen molar-refractivity contribution in [1.82, 2.24) is 4.90 Å². The van der Waals surface area contributed by atoms with Gasteiger partial charge in [0, 0.05) is 18.0 Å². The number of Topliss-reactive ketones (excluding diaryl/α,β-unsaturated/α-hetero) is 1. The molecule has 2 rings (SSSR count). The zero-order chi connectivity index (χ0) is 13.0. The van der Waals surface area contributed by atoms with Gasteiger partial charge in [-0.25, -0.2) is 0 Å². The number of carbonyl (C=O) groups excluding carboxylic acids is 2. The summed E-state index contributed by atoms with van der Waals surface area (Å²) in [4.78, 5) is 24.6. The van der Waals surface area contributed by atoms with Crippen molar-refractivity contribution in [3.05, 3.63) is 29.3 Å². The van der Waals surface area contributed by atoms with Crippen LogP contribution < -0.4 is 4.74 Å². The molecular formula is C13H14ClNO3. The number of benzene rings is 1. The number of ether oxygens (including phenoxy) is 1. The Morgan fingerprint density at radius 2 is 2.28 bits per heavy atom. The molecule has 0 aromatic heterocycles. The minimum atomic E-state index is -0.164. The number of hydrogen-bond donors (Lipinski definition) is 0. The maximum absolute atomic E-state index is 11.8. The van der Waals surface area contributed by atoms with Crippen LogP contribution >= 0.6 is 11.6 Å². The summed E-state index contributed by atoms with van der Waals surface area (Å²) in [7, 11) is 0. The van der Waals surface area contributed by atoms with Crippen LogP contribution in [0, 0.1) is 0 Å². The molecule has 18 heavy (non-hydrogen) atoms. The second kappa shape index (κ2) is 5.87. The van der Waals surface area contributed by atoms with Crippen molar-refractivity contribution in [2.45, 2.75) is 12.8 Å². The highest BCUT2D eigenvalue weighted by Crippen LogP contribution is 2.17. The van der Waals surface area contributed by atoms with Gasteiger partial charge >= 0.3 is 0 Å². The van der Waals surface area contributed by atoms with Gasteiger partial charge in [0.05, 0.1) is 6.54 Å². The normalized spacial score (nSPS) is 15.6. The molecular weight excluding hydrogens is 254 g/mol. The number of amides is 1. The summed E-state index contributed by atoms with van der Waals surface area (Å²) < 4.78 is 5.35. The van der Waals surface area contributed by atoms with Crippen LogP contribution in [0.1, 0.15) is 12.8 Å². The third-order valence-corrected chi connectivity index (χ3v) is 3.00. The molecule has 0 aliphatic carbocycles. The Hall–Kier alpha value is -1.55. The highest BCUT2D eigenvalue weighted by Gasteiger charge is 2.21. The number of halogens is 1. The van der Waals surface area contributed by atoms with Crippen LogP contribution in [0.15, 0.2) is 24.3 Å². The number of rotatable bonds is 3. The molecule has 1 saturated heterocycles. The van der Waals surface area contributed by atoms with E-state index in [4.69, 9.17) is 16.3 Å². The maximum Gasteiger partial charge on any atom is 0.260 e. The van der Waals surface area contributed by atoms with Gasteiger partial charge in [-0.15, -0.1) is 0 Å². The Morgan fingerprint density at radius 1 is 1.44 bits per heavy atom. The number of carbonyl (C=O) groups is 2. The summed E-state index contributed by atoms with van der Waals surface area (Å²) in [5.41, 5.74) is 0. The number of piperidine rings is 1. The molecule has 0 unspecified atom stereocenters. The zero-order valence-electron chi connectivity index (χ0n) is 9.89. The summed E-state index contributed by atoms with van der Waals surface area (Å²) in [6, 6.07) is 6.88. The fourth-order valence-electron chi connectivity index (χ4n) is 1.84. The monoisotopic (exact) mass is 267 g/mol. The first-order chi connectivity index (χ1) is 8.65. The molecule has 0 spiro atoms. The molecule has 0 radical (unpaired) electrons. The molecule has 4 nitrogen and oxygen atoms in total. The highest BCUT2D eigenvalue weighted by atomic mass is 35.5. The van der Waals surface area contributed by atoms with E-state index in [0.717, 1.165) is 6.42 Å². The van der Waals surface area contributed by atoms with E-state index in [9.17, 15) is 9.59 Å². The van der Waals surface area contributed by atoms with Gasteiger partial charge < -0.3 is 9.64 Å². The van der Waals surface area contributed by atoms with E-state index in [1.54, 1.807) is 24.3 Å². The van der Waals surface area contributed by atoms with Crippen molar-refractivity contribution in [2.75, 3.05) is 19.7 Å². The third kappa shape index (κ3) is 3.47. The topological polar surface area (TPSA) is 46.6 Å². The molecule has 1 aromatic carbocycles. The average molecular weight is 268 g/mol. The van der Waals surface area contributed by atoms with Crippen LogP contribution in [-0.4, -0.2) is 36.3 Å². The molecule has 96 valence electrons. The van der Waals surface area contributed by atoms with Gasteiger partial charge in [0.25, 0.3) is 5.91 Å². The molecule has 1 fully saturated rings. The molecule has 1 aliphatic rings. The second-order valence-corrected chi connectivity index (χ2v) is 4.64. The Morgan fingerprint density at radius 3 is 3.00 bits per heavy atom. The van der Waals surface area contributed by atoms with Crippen molar-refractivity contribution < 1.29 is 14.3 Å². The minimum Gasteiger partial charge on any atom is -0.484 e. The first kappa shape index (κ1) is 12.9. The average Bonchev–Trinajstić information content (AvgIpc) is 2.36. The van der Waals surface area contributed by atoms with E-state index < -0.39 is 0 Å². The van der Waals surface area contributed by atoms with Gasteiger partial charge in [0.15, 0.2) is 12.4 Å². The molecule has 1 amide bonds. The molecule has 5 heteroatoms. The smallest absolute Gasteiger partial charge is 0.260 e. The predicted octanol–water partition coefficient (Wildman–Crippen LogP) is 1.91. The molecule has 0 saturated carbocycles. The number of likely N-dealkylation sites (tertiary alicyclic amines) is 1. The van der Waals surface area contributed by atoms with Crippen LogP contribution in [0.4, 0.5) is 0 Å². The van der Waals surface area contributed by atoms with Gasteiger partial charge in [0.1, 0.15) is 5.75 Å². The van der Waals surface area contributed by atoms with Gasteiger partial charge in [-0.05, 0) is 24.6 Å². The van der Waals surface area contributed by atoms with E-state index in [-0.39, 0.29) is 24.8 Å². The fourth-order valence-corrected chi connectivity index (χ4v) is 2.02. The quantitative estimate of drug-likeness (QED) is 0.840. The fraction of sp³-hybridized carbons (Fsp3) is 0.385. The minimum absolute atomic E-state index is 0.0619. The van der Waals surface area contributed by atoms with Crippen molar-refractivity contribution >= 4 is 23.3 Å². The molecule has 1 heterocycles. The van der Waals surface area contributed by atoms with Gasteiger partial charge in [-0.2, -0.15) is 0 Å². The van der Waals surface area contributed by atoms with E-state index in [1.807, 2.05) is 0 Å². The molecule has 0 bridgehead atoms. The van der Waals surface area contributed by atoms with Crippen molar-refractivity contribution in [3.63, 3.8) is 0 Å². The lowest BCUT2D eigenvalue weighted by atomic mass is 10.1. The highest BCUT2D eigenvalue weighted by molar-refractivity contribution is 6.30. The predicted molar refractivity (Wildman–Crippen MR) is 67.8 cm³/mol. The number of nitrogens with zero attached hydrogens (tertiary/aromatic N) is 1. The summed E-state index contributed by atoms with van der Waals surface area (Å²) in [6.45, 7) is 0.773. The molecule has 1 aromatic rings. The summed E-state index contributed by atoms with van der Waals surface area (Å²) in [6.07, 6.45) is 1.31. The Balaban J connectivity index is 1.86. The maximum atomic E-state index is 11.8. The Kier molecular flexibility index (Phi) is 4.20. The van der Waals surface area contributed by atoms with E-state index in [2.05, 4.69) is 0 Å². The largest absolute Gasteiger partial charge is 0.484 e. The van der Waals surface area contributed by atoms with Crippen LogP contribution in [0.3, 0.4) is 0 Å². The van der Waals surface area contributed by atoms with E-state index in [1.165, 1.54) is 4.90 Å².